The van der Waals surface area contributed by atoms with Crippen molar-refractivity contribution in [3.05, 3.63) is 23.8 Å². The predicted octanol–water partition coefficient (Wildman–Crippen LogP) is 2.13. The molecule has 0 aliphatic carbocycles. The van der Waals surface area contributed by atoms with Crippen molar-refractivity contribution in [2.75, 3.05) is 31.7 Å². The fourth-order valence-corrected chi connectivity index (χ4v) is 5.15. The van der Waals surface area contributed by atoms with Crippen molar-refractivity contribution < 1.29 is 19.0 Å². The lowest BCUT2D eigenvalue weighted by Gasteiger charge is -2.44. The Bertz CT molecular complexity index is 1140. The van der Waals surface area contributed by atoms with Gasteiger partial charge in [0.1, 0.15) is 17.1 Å². The first-order valence-electron chi connectivity index (χ1n) is 11.0. The number of aromatic nitrogens is 6. The van der Waals surface area contributed by atoms with Crippen LogP contribution in [0.25, 0.3) is 10.8 Å². The van der Waals surface area contributed by atoms with Gasteiger partial charge in [-0.15, -0.1) is 20.4 Å². The number of carbonyl (C=O) groups excluding carboxylic acids is 1. The maximum Gasteiger partial charge on any atom is 0.329 e. The lowest BCUT2D eigenvalue weighted by molar-refractivity contribution is -0.144. The van der Waals surface area contributed by atoms with Crippen LogP contribution in [-0.4, -0.2) is 68.8 Å². The fraction of sp³-hybridized carbons (Fsp3) is 0.524. The highest BCUT2D eigenvalue weighted by atomic mass is 32.1. The lowest BCUT2D eigenvalue weighted by atomic mass is 9.83. The molecule has 3 aromatic rings. The molecule has 2 aliphatic rings. The molecule has 0 radical (unpaired) electrons. The minimum Gasteiger partial charge on any atom is -0.496 e. The number of esters is 1. The second-order valence-electron chi connectivity index (χ2n) is 8.05. The van der Waals surface area contributed by atoms with Gasteiger partial charge < -0.3 is 19.1 Å². The third-order valence-corrected chi connectivity index (χ3v) is 7.03. The number of hydrogen-bond acceptors (Lipinski definition) is 11. The SMILES string of the molecule is CCOC(=O)Cn1nnc(-c2nnc(N3CCC4(CCc5c(OC)cccc5O4)CC3)s2)n1. The second-order valence-corrected chi connectivity index (χ2v) is 9.00. The van der Waals surface area contributed by atoms with Crippen LogP contribution in [0.15, 0.2) is 18.2 Å². The van der Waals surface area contributed by atoms with E-state index in [0.29, 0.717) is 17.4 Å². The van der Waals surface area contributed by atoms with Gasteiger partial charge in [-0.2, -0.15) is 4.80 Å². The minimum atomic E-state index is -0.410. The Labute approximate surface area is 194 Å². The number of piperidine rings is 1. The van der Waals surface area contributed by atoms with Crippen LogP contribution in [-0.2, 0) is 22.5 Å². The first-order chi connectivity index (χ1) is 16.1. The molecule has 1 fully saturated rings. The molecule has 11 nitrogen and oxygen atoms in total. The number of fused-ring (bicyclic) bond motifs is 1. The molecular weight excluding hydrogens is 446 g/mol. The summed E-state index contributed by atoms with van der Waals surface area (Å²) >= 11 is 1.42. The molecule has 0 atom stereocenters. The molecular formula is C21H25N7O4S. The van der Waals surface area contributed by atoms with Gasteiger partial charge in [0, 0.05) is 31.5 Å². The summed E-state index contributed by atoms with van der Waals surface area (Å²) < 4.78 is 16.9. The number of nitrogens with zero attached hydrogens (tertiary/aromatic N) is 7. The smallest absolute Gasteiger partial charge is 0.329 e. The molecule has 0 bridgehead atoms. The first-order valence-corrected chi connectivity index (χ1v) is 11.8. The Balaban J connectivity index is 1.22. The predicted molar refractivity (Wildman–Crippen MR) is 119 cm³/mol. The van der Waals surface area contributed by atoms with Crippen LogP contribution >= 0.6 is 11.3 Å². The number of ether oxygens (including phenoxy) is 3. The molecule has 0 unspecified atom stereocenters. The first kappa shape index (κ1) is 21.6. The topological polar surface area (TPSA) is 117 Å². The highest BCUT2D eigenvalue weighted by Crippen LogP contribution is 2.43. The Kier molecular flexibility index (Phi) is 5.83. The van der Waals surface area contributed by atoms with Crippen LogP contribution in [0, 0.1) is 0 Å². The van der Waals surface area contributed by atoms with Crippen LogP contribution in [0.5, 0.6) is 11.5 Å². The van der Waals surface area contributed by atoms with Gasteiger partial charge in [0.25, 0.3) is 0 Å². The molecule has 2 aliphatic heterocycles. The summed E-state index contributed by atoms with van der Waals surface area (Å²) in [6, 6.07) is 6.00. The van der Waals surface area contributed by atoms with Gasteiger partial charge in [-0.25, -0.2) is 4.79 Å². The normalized spacial score (nSPS) is 16.8. The number of anilines is 1. The van der Waals surface area contributed by atoms with Crippen molar-refractivity contribution in [2.24, 2.45) is 0 Å². The van der Waals surface area contributed by atoms with E-state index < -0.39 is 5.97 Å². The van der Waals surface area contributed by atoms with E-state index in [2.05, 4.69) is 30.5 Å². The third-order valence-electron chi connectivity index (χ3n) is 6.05. The van der Waals surface area contributed by atoms with E-state index in [1.807, 2.05) is 18.2 Å². The number of tetrazole rings is 1. The Hall–Kier alpha value is -3.28. The molecule has 0 amide bonds. The third kappa shape index (κ3) is 4.34. The van der Waals surface area contributed by atoms with Crippen molar-refractivity contribution in [3.8, 4) is 22.3 Å². The number of methoxy groups -OCH3 is 1. The van der Waals surface area contributed by atoms with Crippen molar-refractivity contribution >= 4 is 22.4 Å². The molecule has 1 aromatic carbocycles. The Morgan fingerprint density at radius 3 is 2.85 bits per heavy atom. The van der Waals surface area contributed by atoms with Gasteiger partial charge in [-0.05, 0) is 37.1 Å². The largest absolute Gasteiger partial charge is 0.496 e. The monoisotopic (exact) mass is 471 g/mol. The van der Waals surface area contributed by atoms with Crippen molar-refractivity contribution in [1.29, 1.82) is 0 Å². The van der Waals surface area contributed by atoms with Gasteiger partial charge in [0.05, 0.1) is 13.7 Å². The van der Waals surface area contributed by atoms with Crippen LogP contribution in [0.3, 0.4) is 0 Å². The molecule has 174 valence electrons. The van der Waals surface area contributed by atoms with E-state index in [-0.39, 0.29) is 12.1 Å². The highest BCUT2D eigenvalue weighted by Gasteiger charge is 2.40. The van der Waals surface area contributed by atoms with Crippen LogP contribution in [0.4, 0.5) is 5.13 Å². The zero-order chi connectivity index (χ0) is 22.8. The van der Waals surface area contributed by atoms with Crippen LogP contribution in [0.1, 0.15) is 31.7 Å². The number of carbonyl (C=O) groups is 1. The number of hydrogen-bond donors (Lipinski definition) is 0. The summed E-state index contributed by atoms with van der Waals surface area (Å²) in [4.78, 5) is 15.0. The maximum absolute atomic E-state index is 11.6. The molecule has 0 N–H and O–H groups in total. The molecule has 2 aromatic heterocycles. The van der Waals surface area contributed by atoms with E-state index in [1.54, 1.807) is 14.0 Å². The van der Waals surface area contributed by atoms with Gasteiger partial charge >= 0.3 is 5.97 Å². The Morgan fingerprint density at radius 1 is 1.21 bits per heavy atom. The van der Waals surface area contributed by atoms with Crippen molar-refractivity contribution in [2.45, 2.75) is 44.8 Å². The zero-order valence-electron chi connectivity index (χ0n) is 18.6. The molecule has 1 saturated heterocycles. The quantitative estimate of drug-likeness (QED) is 0.495. The molecule has 5 rings (SSSR count). The molecule has 4 heterocycles. The van der Waals surface area contributed by atoms with Crippen molar-refractivity contribution in [1.82, 2.24) is 30.4 Å². The molecule has 33 heavy (non-hydrogen) atoms. The zero-order valence-corrected chi connectivity index (χ0v) is 19.4. The summed E-state index contributed by atoms with van der Waals surface area (Å²) in [5.41, 5.74) is 1.01. The molecule has 0 saturated carbocycles. The van der Waals surface area contributed by atoms with E-state index >= 15 is 0 Å². The highest BCUT2D eigenvalue weighted by molar-refractivity contribution is 7.18. The summed E-state index contributed by atoms with van der Waals surface area (Å²) in [7, 11) is 1.70. The molecule has 12 heteroatoms. The average Bonchev–Trinajstić information content (AvgIpc) is 3.49. The van der Waals surface area contributed by atoms with Gasteiger partial charge in [-0.1, -0.05) is 17.4 Å². The number of benzene rings is 1. The van der Waals surface area contributed by atoms with Gasteiger partial charge in [0.2, 0.25) is 11.0 Å². The molecule has 1 spiro atoms. The summed E-state index contributed by atoms with van der Waals surface area (Å²) in [6.07, 6.45) is 3.75. The van der Waals surface area contributed by atoms with E-state index in [1.165, 1.54) is 16.1 Å². The lowest BCUT2D eigenvalue weighted by Crippen LogP contribution is -2.49. The second kappa shape index (κ2) is 8.93. The van der Waals surface area contributed by atoms with Crippen LogP contribution in [0.2, 0.25) is 0 Å². The van der Waals surface area contributed by atoms with Crippen molar-refractivity contribution in [3.63, 3.8) is 0 Å². The summed E-state index contributed by atoms with van der Waals surface area (Å²) in [5.74, 6) is 1.77. The van der Waals surface area contributed by atoms with E-state index in [4.69, 9.17) is 14.2 Å². The maximum atomic E-state index is 11.6. The fourth-order valence-electron chi connectivity index (χ4n) is 4.33. The summed E-state index contributed by atoms with van der Waals surface area (Å²) in [5, 5.41) is 22.1. The van der Waals surface area contributed by atoms with E-state index in [9.17, 15) is 4.79 Å². The van der Waals surface area contributed by atoms with Crippen LogP contribution < -0.4 is 14.4 Å². The van der Waals surface area contributed by atoms with Gasteiger partial charge in [0.15, 0.2) is 11.6 Å². The average molecular weight is 472 g/mol. The standard InChI is InChI=1S/C21H25N7O4S/c1-3-31-17(29)13-28-25-18(22-26-28)19-23-24-20(33-19)27-11-9-21(10-12-27)8-7-14-15(30-2)5-4-6-16(14)32-21/h4-6H,3,7-13H2,1-2H3. The van der Waals surface area contributed by atoms with E-state index in [0.717, 1.165) is 61.0 Å². The Morgan fingerprint density at radius 2 is 2.06 bits per heavy atom. The number of rotatable bonds is 6. The summed E-state index contributed by atoms with van der Waals surface area (Å²) in [6.45, 7) is 3.63. The minimum absolute atomic E-state index is 0.0876. The van der Waals surface area contributed by atoms with Gasteiger partial charge in [-0.3, -0.25) is 0 Å².